The molecule has 0 radical (unpaired) electrons. The Balaban J connectivity index is 0.000000212. The number of rotatable bonds is 9. The summed E-state index contributed by atoms with van der Waals surface area (Å²) in [6, 6.07) is 21.6. The Kier molecular flexibility index (Phi) is 15.0. The van der Waals surface area contributed by atoms with Gasteiger partial charge in [0.1, 0.15) is 35.3 Å². The lowest BCUT2D eigenvalue weighted by Crippen LogP contribution is -2.45. The number of benzene rings is 3. The second kappa shape index (κ2) is 21.3. The lowest BCUT2D eigenvalue weighted by atomic mass is 10.1. The van der Waals surface area contributed by atoms with Crippen LogP contribution in [0.3, 0.4) is 0 Å². The lowest BCUT2D eigenvalue weighted by molar-refractivity contribution is -0.140. The number of para-hydroxylation sites is 1. The third-order valence-corrected chi connectivity index (χ3v) is 10.2. The molecular weight excluding hydrogens is 827 g/mol. The Hall–Kier alpha value is -6.77. The van der Waals surface area contributed by atoms with Crippen LogP contribution in [0, 0.1) is 11.6 Å². The largest absolute Gasteiger partial charge is 0.443 e. The Bertz CT molecular complexity index is 2200. The number of halogens is 2. The molecule has 8 rings (SSSR count). The molecule has 18 nitrogen and oxygen atoms in total. The van der Waals surface area contributed by atoms with Crippen LogP contribution in [0.15, 0.2) is 91.1 Å². The molecule has 4 aromatic rings. The molecule has 4 aliphatic rings. The zero-order chi connectivity index (χ0) is 44.1. The van der Waals surface area contributed by atoms with E-state index in [9.17, 15) is 32.8 Å². The summed E-state index contributed by atoms with van der Waals surface area (Å²) in [4.78, 5) is 75.2. The van der Waals surface area contributed by atoms with Gasteiger partial charge in [-0.1, -0.05) is 42.5 Å². The molecular formula is C43H46F2N8O10. The van der Waals surface area contributed by atoms with Crippen molar-refractivity contribution in [3.63, 3.8) is 0 Å². The number of hydrogen-bond acceptors (Lipinski definition) is 13. The summed E-state index contributed by atoms with van der Waals surface area (Å²) < 4.78 is 53.4. The number of amides is 5. The Morgan fingerprint density at radius 1 is 0.651 bits per heavy atom. The van der Waals surface area contributed by atoms with Gasteiger partial charge in [0.2, 0.25) is 11.8 Å². The van der Waals surface area contributed by atoms with Crippen molar-refractivity contribution in [3.8, 4) is 11.8 Å². The van der Waals surface area contributed by atoms with Crippen LogP contribution in [-0.2, 0) is 41.4 Å². The molecule has 20 heteroatoms. The number of morpholine rings is 2. The van der Waals surface area contributed by atoms with Gasteiger partial charge in [0.15, 0.2) is 0 Å². The van der Waals surface area contributed by atoms with Crippen molar-refractivity contribution in [2.24, 2.45) is 0 Å². The first-order valence-corrected chi connectivity index (χ1v) is 20.4. The van der Waals surface area contributed by atoms with Gasteiger partial charge in [0, 0.05) is 32.4 Å². The summed E-state index contributed by atoms with van der Waals surface area (Å²) in [5.74, 6) is -1.42. The average molecular weight is 873 g/mol. The van der Waals surface area contributed by atoms with E-state index in [0.717, 1.165) is 5.56 Å². The molecule has 2 atom stereocenters. The van der Waals surface area contributed by atoms with Gasteiger partial charge < -0.3 is 33.5 Å². The smallest absolute Gasteiger partial charge is 0.410 e. The molecule has 332 valence electrons. The van der Waals surface area contributed by atoms with Gasteiger partial charge in [0.05, 0.1) is 65.4 Å². The van der Waals surface area contributed by atoms with Crippen molar-refractivity contribution >= 4 is 29.9 Å². The second-order valence-electron chi connectivity index (χ2n) is 14.7. The SMILES string of the molecule is O=C(OC1CN(C(=O)Cc2ccc(F)cc2)N(C(=O)c2ccnc(Oc3ccccc3)n2)C1)N1CCOCC1.O=C(OC1CNN(C(=O)Cc2ccc(F)cc2)C1)N1CCOCC1. The number of aromatic nitrogens is 2. The first-order chi connectivity index (χ1) is 30.6. The third-order valence-electron chi connectivity index (χ3n) is 10.2. The fourth-order valence-electron chi connectivity index (χ4n) is 6.86. The van der Waals surface area contributed by atoms with Crippen LogP contribution in [0.2, 0.25) is 0 Å². The third kappa shape index (κ3) is 12.4. The predicted octanol–water partition coefficient (Wildman–Crippen LogP) is 3.24. The maximum Gasteiger partial charge on any atom is 0.410 e. The van der Waals surface area contributed by atoms with E-state index in [1.54, 1.807) is 41.3 Å². The second-order valence-corrected chi connectivity index (χ2v) is 14.7. The van der Waals surface area contributed by atoms with Gasteiger partial charge in [-0.3, -0.25) is 19.4 Å². The number of carbonyl (C=O) groups excluding carboxylic acids is 5. The Labute approximate surface area is 361 Å². The Morgan fingerprint density at radius 3 is 1.78 bits per heavy atom. The normalized spacial score (nSPS) is 18.6. The number of carbonyl (C=O) groups is 5. The van der Waals surface area contributed by atoms with Gasteiger partial charge in [-0.25, -0.2) is 38.8 Å². The summed E-state index contributed by atoms with van der Waals surface area (Å²) in [5.41, 5.74) is 4.24. The molecule has 4 saturated heterocycles. The van der Waals surface area contributed by atoms with E-state index in [-0.39, 0.29) is 61.6 Å². The van der Waals surface area contributed by atoms with E-state index in [4.69, 9.17) is 23.7 Å². The predicted molar refractivity (Wildman–Crippen MR) is 217 cm³/mol. The van der Waals surface area contributed by atoms with Crippen LogP contribution in [0.5, 0.6) is 11.8 Å². The molecule has 0 aliphatic carbocycles. The van der Waals surface area contributed by atoms with Gasteiger partial charge >= 0.3 is 18.2 Å². The van der Waals surface area contributed by atoms with E-state index in [2.05, 4.69) is 15.4 Å². The van der Waals surface area contributed by atoms with Gasteiger partial charge in [-0.2, -0.15) is 4.98 Å². The van der Waals surface area contributed by atoms with Crippen molar-refractivity contribution in [2.45, 2.75) is 25.0 Å². The molecule has 4 fully saturated rings. The summed E-state index contributed by atoms with van der Waals surface area (Å²) in [6.45, 7) is 4.30. The quantitative estimate of drug-likeness (QED) is 0.259. The maximum atomic E-state index is 13.6. The van der Waals surface area contributed by atoms with Crippen LogP contribution >= 0.6 is 0 Å². The molecule has 63 heavy (non-hydrogen) atoms. The van der Waals surface area contributed by atoms with Gasteiger partial charge in [-0.15, -0.1) is 0 Å². The fraction of sp³-hybridized carbons (Fsp3) is 0.372. The van der Waals surface area contributed by atoms with Crippen LogP contribution in [0.4, 0.5) is 18.4 Å². The summed E-state index contributed by atoms with van der Waals surface area (Å²) in [5, 5.41) is 3.89. The number of ether oxygens (including phenoxy) is 5. The van der Waals surface area contributed by atoms with E-state index >= 15 is 0 Å². The van der Waals surface area contributed by atoms with Crippen molar-refractivity contribution in [2.75, 3.05) is 78.8 Å². The van der Waals surface area contributed by atoms with Crippen LogP contribution in [-0.4, -0.2) is 156 Å². The zero-order valence-electron chi connectivity index (χ0n) is 34.2. The molecule has 2 unspecified atom stereocenters. The summed E-state index contributed by atoms with van der Waals surface area (Å²) >= 11 is 0. The highest BCUT2D eigenvalue weighted by Crippen LogP contribution is 2.22. The minimum Gasteiger partial charge on any atom is -0.443 e. The highest BCUT2D eigenvalue weighted by molar-refractivity contribution is 5.94. The fourth-order valence-corrected chi connectivity index (χ4v) is 6.86. The van der Waals surface area contributed by atoms with Crippen LogP contribution in [0.1, 0.15) is 21.6 Å². The van der Waals surface area contributed by atoms with Crippen molar-refractivity contribution in [1.82, 2.24) is 40.2 Å². The first-order valence-electron chi connectivity index (χ1n) is 20.4. The van der Waals surface area contributed by atoms with E-state index in [1.165, 1.54) is 68.6 Å². The number of hydrogen-bond donors (Lipinski definition) is 1. The summed E-state index contributed by atoms with van der Waals surface area (Å²) in [6.07, 6.45) is -0.588. The Morgan fingerprint density at radius 2 is 1.19 bits per heavy atom. The molecule has 3 aromatic carbocycles. The van der Waals surface area contributed by atoms with Crippen molar-refractivity contribution in [1.29, 1.82) is 0 Å². The molecule has 5 amide bonds. The maximum absolute atomic E-state index is 13.6. The lowest BCUT2D eigenvalue weighted by Gasteiger charge is -2.27. The van der Waals surface area contributed by atoms with Crippen molar-refractivity contribution < 1.29 is 56.4 Å². The van der Waals surface area contributed by atoms with Crippen molar-refractivity contribution in [3.05, 3.63) is 120 Å². The monoisotopic (exact) mass is 872 g/mol. The average Bonchev–Trinajstić information content (AvgIpc) is 3.97. The first kappa shape index (κ1) is 44.3. The molecule has 4 aliphatic heterocycles. The zero-order valence-corrected chi connectivity index (χ0v) is 34.2. The van der Waals surface area contributed by atoms with E-state index in [0.29, 0.717) is 77.0 Å². The van der Waals surface area contributed by atoms with Crippen LogP contribution in [0.25, 0.3) is 0 Å². The molecule has 1 N–H and O–H groups in total. The minimum absolute atomic E-state index is 0.00401. The summed E-state index contributed by atoms with van der Waals surface area (Å²) in [7, 11) is 0. The molecule has 0 spiro atoms. The van der Waals surface area contributed by atoms with E-state index in [1.807, 2.05) is 6.07 Å². The topological polar surface area (TPSA) is 186 Å². The standard InChI is InChI=1S/C27H26FN5O6.C16H20FN3O4/c28-20-8-6-19(7-9-20)16-24(34)32-17-22(39-27(36)31-12-14-37-15-13-31)18-33(32)25(35)23-10-11-29-26(30-23)38-21-4-2-1-3-5-21;17-13-3-1-12(2-4-13)9-15(21)20-11-14(10-18-20)24-16(22)19-5-7-23-8-6-19/h1-11,22H,12-18H2;1-4,14,18H,5-11H2. The van der Waals surface area contributed by atoms with E-state index < -0.39 is 29.8 Å². The number of nitrogens with zero attached hydrogens (tertiary/aromatic N) is 7. The highest BCUT2D eigenvalue weighted by atomic mass is 19.1. The molecule has 1 aromatic heterocycles. The minimum atomic E-state index is -0.761. The van der Waals surface area contributed by atoms with Gasteiger partial charge in [-0.05, 0) is 53.6 Å². The molecule has 0 saturated carbocycles. The molecule has 0 bridgehead atoms. The number of nitrogens with one attached hydrogen (secondary N) is 1. The van der Waals surface area contributed by atoms with Crippen LogP contribution < -0.4 is 10.2 Å². The highest BCUT2D eigenvalue weighted by Gasteiger charge is 2.40. The van der Waals surface area contributed by atoms with Gasteiger partial charge in [0.25, 0.3) is 5.91 Å². The molecule has 5 heterocycles. The number of hydrazine groups is 2.